The summed E-state index contributed by atoms with van der Waals surface area (Å²) in [5, 5.41) is 7.06. The van der Waals surface area contributed by atoms with Gasteiger partial charge < -0.3 is 15.5 Å². The van der Waals surface area contributed by atoms with Crippen LogP contribution in [0.2, 0.25) is 0 Å². The molecule has 1 atom stereocenters. The average molecular weight is 305 g/mol. The third-order valence-electron chi connectivity index (χ3n) is 3.81. The second kappa shape index (κ2) is 6.89. The van der Waals surface area contributed by atoms with Gasteiger partial charge in [-0.15, -0.1) is 0 Å². The van der Waals surface area contributed by atoms with Crippen molar-refractivity contribution >= 4 is 34.6 Å². The monoisotopic (exact) mass is 305 g/mol. The molecule has 0 aromatic heterocycles. The van der Waals surface area contributed by atoms with Gasteiger partial charge in [-0.05, 0) is 62.7 Å². The van der Waals surface area contributed by atoms with Gasteiger partial charge in [0.1, 0.15) is 0 Å². The van der Waals surface area contributed by atoms with Crippen molar-refractivity contribution in [3.05, 3.63) is 23.8 Å². The maximum Gasteiger partial charge on any atom is 0.227 e. The van der Waals surface area contributed by atoms with E-state index in [0.29, 0.717) is 17.6 Å². The summed E-state index contributed by atoms with van der Waals surface area (Å²) in [5.41, 5.74) is 3.04. The highest BCUT2D eigenvalue weighted by Crippen LogP contribution is 2.27. The number of carbonyl (C=O) groups is 1. The van der Waals surface area contributed by atoms with Crippen molar-refractivity contribution in [2.45, 2.75) is 46.1 Å². The number of carbonyl (C=O) groups excluding carboxylic acids is 1. The number of thiocarbonyl (C=S) groups is 1. The van der Waals surface area contributed by atoms with Crippen molar-refractivity contribution in [1.29, 1.82) is 0 Å². The van der Waals surface area contributed by atoms with E-state index in [4.69, 9.17) is 12.2 Å². The topological polar surface area (TPSA) is 44.4 Å². The van der Waals surface area contributed by atoms with Crippen LogP contribution >= 0.6 is 12.2 Å². The molecule has 0 saturated carbocycles. The fourth-order valence-electron chi connectivity index (χ4n) is 2.43. The van der Waals surface area contributed by atoms with Crippen molar-refractivity contribution in [2.24, 2.45) is 0 Å². The molecule has 114 valence electrons. The molecule has 1 aromatic rings. The van der Waals surface area contributed by atoms with Gasteiger partial charge in [0.2, 0.25) is 5.91 Å². The van der Waals surface area contributed by atoms with Gasteiger partial charge in [-0.2, -0.15) is 0 Å². The van der Waals surface area contributed by atoms with E-state index < -0.39 is 0 Å². The summed E-state index contributed by atoms with van der Waals surface area (Å²) < 4.78 is 0. The number of nitrogens with one attached hydrogen (secondary N) is 2. The molecule has 1 aliphatic heterocycles. The van der Waals surface area contributed by atoms with Crippen molar-refractivity contribution < 1.29 is 4.79 Å². The Kier molecular flexibility index (Phi) is 5.17. The second-order valence-corrected chi connectivity index (χ2v) is 5.97. The molecule has 1 saturated heterocycles. The first-order valence-corrected chi connectivity index (χ1v) is 7.90. The Balaban J connectivity index is 2.05. The molecule has 21 heavy (non-hydrogen) atoms. The molecule has 2 rings (SSSR count). The van der Waals surface area contributed by atoms with E-state index in [1.165, 1.54) is 0 Å². The van der Waals surface area contributed by atoms with E-state index in [0.717, 1.165) is 36.3 Å². The average Bonchev–Trinajstić information content (AvgIpc) is 2.84. The molecule has 0 aliphatic carbocycles. The molecule has 1 aromatic carbocycles. The molecule has 1 fully saturated rings. The number of rotatable bonds is 4. The van der Waals surface area contributed by atoms with Crippen molar-refractivity contribution in [1.82, 2.24) is 5.32 Å². The molecule has 1 aliphatic rings. The predicted octanol–water partition coefficient (Wildman–Crippen LogP) is 3.21. The van der Waals surface area contributed by atoms with Crippen LogP contribution in [0.5, 0.6) is 0 Å². The first-order chi connectivity index (χ1) is 10.0. The van der Waals surface area contributed by atoms with Crippen LogP contribution in [0.4, 0.5) is 11.4 Å². The van der Waals surface area contributed by atoms with E-state index in [9.17, 15) is 4.79 Å². The van der Waals surface area contributed by atoms with Crippen LogP contribution in [0.3, 0.4) is 0 Å². The van der Waals surface area contributed by atoms with Crippen LogP contribution in [0, 0.1) is 6.92 Å². The fraction of sp³-hybridized carbons (Fsp3) is 0.500. The van der Waals surface area contributed by atoms with Crippen LogP contribution in [-0.4, -0.2) is 23.6 Å². The number of anilines is 2. The van der Waals surface area contributed by atoms with Gasteiger partial charge in [0, 0.05) is 30.4 Å². The standard InChI is InChI=1S/C16H23N3OS/c1-4-12(3)17-16(21)18-13-7-8-14(11(2)10-13)19-9-5-6-15(19)20/h7-8,10,12H,4-6,9H2,1-3H3,(H2,17,18,21)/t12-/m0/s1. The Hall–Kier alpha value is -1.62. The number of nitrogens with zero attached hydrogens (tertiary/aromatic N) is 1. The molecule has 1 amide bonds. The highest BCUT2D eigenvalue weighted by molar-refractivity contribution is 7.80. The van der Waals surface area contributed by atoms with Gasteiger partial charge in [0.05, 0.1) is 0 Å². The molecular formula is C16H23N3OS. The Labute approximate surface area is 131 Å². The molecule has 0 spiro atoms. The number of benzene rings is 1. The van der Waals surface area contributed by atoms with E-state index >= 15 is 0 Å². The normalized spacial score (nSPS) is 16.0. The number of amides is 1. The molecule has 2 N–H and O–H groups in total. The molecular weight excluding hydrogens is 282 g/mol. The van der Waals surface area contributed by atoms with Gasteiger partial charge in [-0.1, -0.05) is 6.92 Å². The number of hydrogen-bond acceptors (Lipinski definition) is 2. The summed E-state index contributed by atoms with van der Waals surface area (Å²) in [6.45, 7) is 7.06. The maximum atomic E-state index is 11.8. The second-order valence-electron chi connectivity index (χ2n) is 5.56. The molecule has 1 heterocycles. The minimum atomic E-state index is 0.216. The third-order valence-corrected chi connectivity index (χ3v) is 4.03. The van der Waals surface area contributed by atoms with E-state index in [1.54, 1.807) is 0 Å². The summed E-state index contributed by atoms with van der Waals surface area (Å²) in [4.78, 5) is 13.7. The van der Waals surface area contributed by atoms with E-state index in [-0.39, 0.29) is 5.91 Å². The zero-order chi connectivity index (χ0) is 15.4. The zero-order valence-electron chi connectivity index (χ0n) is 12.9. The third kappa shape index (κ3) is 3.94. The number of hydrogen-bond donors (Lipinski definition) is 2. The largest absolute Gasteiger partial charge is 0.360 e. The summed E-state index contributed by atoms with van der Waals surface area (Å²) in [6, 6.07) is 6.35. The van der Waals surface area contributed by atoms with Crippen LogP contribution in [0.1, 0.15) is 38.7 Å². The lowest BCUT2D eigenvalue weighted by molar-refractivity contribution is -0.117. The van der Waals surface area contributed by atoms with Crippen LogP contribution in [0.25, 0.3) is 0 Å². The lowest BCUT2D eigenvalue weighted by Crippen LogP contribution is -2.35. The van der Waals surface area contributed by atoms with E-state index in [2.05, 4.69) is 24.5 Å². The lowest BCUT2D eigenvalue weighted by atomic mass is 10.1. The molecule has 5 heteroatoms. The number of aryl methyl sites for hydroxylation is 1. The van der Waals surface area contributed by atoms with E-state index in [1.807, 2.05) is 30.0 Å². The molecule has 4 nitrogen and oxygen atoms in total. The Bertz CT molecular complexity index is 544. The predicted molar refractivity (Wildman–Crippen MR) is 91.9 cm³/mol. The van der Waals surface area contributed by atoms with Crippen molar-refractivity contribution in [2.75, 3.05) is 16.8 Å². The van der Waals surface area contributed by atoms with Crippen molar-refractivity contribution in [3.63, 3.8) is 0 Å². The summed E-state index contributed by atoms with van der Waals surface area (Å²) in [5.74, 6) is 0.216. The van der Waals surface area contributed by atoms with Crippen LogP contribution in [0.15, 0.2) is 18.2 Å². The molecule has 0 bridgehead atoms. The minimum Gasteiger partial charge on any atom is -0.360 e. The first-order valence-electron chi connectivity index (χ1n) is 7.49. The Morgan fingerprint density at radius 3 is 2.81 bits per heavy atom. The highest BCUT2D eigenvalue weighted by Gasteiger charge is 2.22. The highest BCUT2D eigenvalue weighted by atomic mass is 32.1. The van der Waals surface area contributed by atoms with Crippen LogP contribution in [-0.2, 0) is 4.79 Å². The molecule has 0 unspecified atom stereocenters. The van der Waals surface area contributed by atoms with Gasteiger partial charge in [-0.3, -0.25) is 4.79 Å². The van der Waals surface area contributed by atoms with Crippen LogP contribution < -0.4 is 15.5 Å². The SMILES string of the molecule is CC[C@H](C)NC(=S)Nc1ccc(N2CCCC2=O)c(C)c1. The minimum absolute atomic E-state index is 0.216. The van der Waals surface area contributed by atoms with Gasteiger partial charge in [-0.25, -0.2) is 0 Å². The van der Waals surface area contributed by atoms with Gasteiger partial charge >= 0.3 is 0 Å². The smallest absolute Gasteiger partial charge is 0.227 e. The Morgan fingerprint density at radius 2 is 2.24 bits per heavy atom. The summed E-state index contributed by atoms with van der Waals surface area (Å²) >= 11 is 5.29. The quantitative estimate of drug-likeness (QED) is 0.839. The van der Waals surface area contributed by atoms with Crippen molar-refractivity contribution in [3.8, 4) is 0 Å². The zero-order valence-corrected chi connectivity index (χ0v) is 13.7. The molecule has 0 radical (unpaired) electrons. The Morgan fingerprint density at radius 1 is 1.48 bits per heavy atom. The fourth-order valence-corrected chi connectivity index (χ4v) is 2.75. The van der Waals surface area contributed by atoms with Gasteiger partial charge in [0.25, 0.3) is 0 Å². The van der Waals surface area contributed by atoms with Gasteiger partial charge in [0.15, 0.2) is 5.11 Å². The summed E-state index contributed by atoms with van der Waals surface area (Å²) in [7, 11) is 0. The summed E-state index contributed by atoms with van der Waals surface area (Å²) in [6.07, 6.45) is 2.63. The maximum absolute atomic E-state index is 11.8. The lowest BCUT2D eigenvalue weighted by Gasteiger charge is -2.20. The first kappa shape index (κ1) is 15.8.